The minimum atomic E-state index is 1.02. The highest BCUT2D eigenvalue weighted by Crippen LogP contribution is 2.18. The Kier molecular flexibility index (Phi) is 6.28. The van der Waals surface area contributed by atoms with E-state index < -0.39 is 0 Å². The summed E-state index contributed by atoms with van der Waals surface area (Å²) in [4.78, 5) is 9.50. The van der Waals surface area contributed by atoms with Crippen molar-refractivity contribution in [1.29, 1.82) is 0 Å². The average molecular weight is 370 g/mol. The van der Waals surface area contributed by atoms with Crippen LogP contribution in [0, 0.1) is 0 Å². The van der Waals surface area contributed by atoms with E-state index in [1.54, 1.807) is 0 Å². The lowest BCUT2D eigenvalue weighted by Gasteiger charge is -2.34. The maximum atomic E-state index is 4.42. The molecule has 1 aliphatic rings. The minimum Gasteiger partial charge on any atom is -0.297 e. The Balaban J connectivity index is 1.24. The molecule has 2 heterocycles. The van der Waals surface area contributed by atoms with Gasteiger partial charge in [0.15, 0.2) is 0 Å². The number of pyridine rings is 1. The zero-order chi connectivity index (χ0) is 19.0. The van der Waals surface area contributed by atoms with Gasteiger partial charge in [-0.15, -0.1) is 0 Å². The van der Waals surface area contributed by atoms with Gasteiger partial charge in [-0.1, -0.05) is 72.8 Å². The maximum absolute atomic E-state index is 4.42. The molecule has 0 amide bonds. The number of rotatable bonds is 6. The highest BCUT2D eigenvalue weighted by Gasteiger charge is 2.15. The number of hydrogen-bond acceptors (Lipinski definition) is 3. The predicted octanol–water partition coefficient (Wildman–Crippen LogP) is 4.58. The molecule has 2 aromatic carbocycles. The highest BCUT2D eigenvalue weighted by molar-refractivity contribution is 5.59. The van der Waals surface area contributed by atoms with Gasteiger partial charge in [-0.05, 0) is 23.3 Å². The molecule has 0 N–H and O–H groups in total. The molecule has 0 saturated carbocycles. The molecule has 1 fully saturated rings. The Morgan fingerprint density at radius 3 is 2.18 bits per heavy atom. The molecule has 0 atom stereocenters. The first-order chi connectivity index (χ1) is 13.9. The molecule has 1 aromatic heterocycles. The van der Waals surface area contributed by atoms with Gasteiger partial charge in [0.25, 0.3) is 0 Å². The number of nitrogens with zero attached hydrogens (tertiary/aromatic N) is 3. The second-order valence-electron chi connectivity index (χ2n) is 7.30. The summed E-state index contributed by atoms with van der Waals surface area (Å²) in [6.07, 6.45) is 6.34. The molecule has 3 heteroatoms. The van der Waals surface area contributed by atoms with Crippen LogP contribution in [0.15, 0.2) is 85.1 Å². The summed E-state index contributed by atoms with van der Waals surface area (Å²) < 4.78 is 0. The van der Waals surface area contributed by atoms with Gasteiger partial charge < -0.3 is 0 Å². The van der Waals surface area contributed by atoms with Crippen LogP contribution in [0.3, 0.4) is 0 Å². The Morgan fingerprint density at radius 2 is 1.46 bits per heavy atom. The fourth-order valence-corrected chi connectivity index (χ4v) is 3.60. The van der Waals surface area contributed by atoms with Gasteiger partial charge in [0.05, 0.1) is 5.69 Å². The van der Waals surface area contributed by atoms with Gasteiger partial charge in [0.2, 0.25) is 0 Å². The predicted molar refractivity (Wildman–Crippen MR) is 117 cm³/mol. The Labute approximate surface area is 168 Å². The second-order valence-corrected chi connectivity index (χ2v) is 7.30. The van der Waals surface area contributed by atoms with Gasteiger partial charge in [-0.3, -0.25) is 14.8 Å². The van der Waals surface area contributed by atoms with E-state index in [1.165, 1.54) is 16.7 Å². The lowest BCUT2D eigenvalue weighted by atomic mass is 10.1. The summed E-state index contributed by atoms with van der Waals surface area (Å²) in [5.41, 5.74) is 4.86. The molecule has 3 nitrogen and oxygen atoms in total. The first kappa shape index (κ1) is 18.6. The molecule has 0 bridgehead atoms. The SMILES string of the molecule is C(=Cc1ccccc1)CN1CCN(Cc2ccc(-c3ccccn3)cc2)CC1. The average Bonchev–Trinajstić information content (AvgIpc) is 2.77. The highest BCUT2D eigenvalue weighted by atomic mass is 15.3. The minimum absolute atomic E-state index is 1.02. The van der Waals surface area contributed by atoms with Gasteiger partial charge >= 0.3 is 0 Å². The molecule has 1 aliphatic heterocycles. The van der Waals surface area contributed by atoms with E-state index in [9.17, 15) is 0 Å². The molecule has 28 heavy (non-hydrogen) atoms. The Bertz CT molecular complexity index is 865. The second kappa shape index (κ2) is 9.45. The van der Waals surface area contributed by atoms with E-state index in [-0.39, 0.29) is 0 Å². The molecule has 0 unspecified atom stereocenters. The molecule has 0 spiro atoms. The Morgan fingerprint density at radius 1 is 0.750 bits per heavy atom. The quantitative estimate of drug-likeness (QED) is 0.634. The number of hydrogen-bond donors (Lipinski definition) is 0. The van der Waals surface area contributed by atoms with E-state index in [0.717, 1.165) is 45.0 Å². The summed E-state index contributed by atoms with van der Waals surface area (Å²) >= 11 is 0. The van der Waals surface area contributed by atoms with Crippen molar-refractivity contribution in [2.45, 2.75) is 6.54 Å². The summed E-state index contributed by atoms with van der Waals surface area (Å²) in [6.45, 7) is 6.57. The number of benzene rings is 2. The van der Waals surface area contributed by atoms with E-state index in [1.807, 2.05) is 18.3 Å². The van der Waals surface area contributed by atoms with Crippen molar-refractivity contribution >= 4 is 6.08 Å². The van der Waals surface area contributed by atoms with E-state index in [2.05, 4.69) is 87.6 Å². The lowest BCUT2D eigenvalue weighted by Crippen LogP contribution is -2.45. The third-order valence-corrected chi connectivity index (χ3v) is 5.26. The van der Waals surface area contributed by atoms with Gasteiger partial charge in [-0.25, -0.2) is 0 Å². The van der Waals surface area contributed by atoms with Crippen molar-refractivity contribution in [3.05, 3.63) is 96.2 Å². The smallest absolute Gasteiger partial charge is 0.0701 e. The van der Waals surface area contributed by atoms with Crippen LogP contribution in [0.5, 0.6) is 0 Å². The first-order valence-corrected chi connectivity index (χ1v) is 10.0. The maximum Gasteiger partial charge on any atom is 0.0701 e. The van der Waals surface area contributed by atoms with Crippen molar-refractivity contribution in [3.63, 3.8) is 0 Å². The van der Waals surface area contributed by atoms with Gasteiger partial charge in [-0.2, -0.15) is 0 Å². The molecule has 0 radical (unpaired) electrons. The lowest BCUT2D eigenvalue weighted by molar-refractivity contribution is 0.137. The number of piperazine rings is 1. The van der Waals surface area contributed by atoms with Crippen molar-refractivity contribution in [2.24, 2.45) is 0 Å². The van der Waals surface area contributed by atoms with Gasteiger partial charge in [0.1, 0.15) is 0 Å². The van der Waals surface area contributed by atoms with Crippen LogP contribution in [0.2, 0.25) is 0 Å². The molecular formula is C25H27N3. The van der Waals surface area contributed by atoms with Crippen LogP contribution in [0.25, 0.3) is 17.3 Å². The topological polar surface area (TPSA) is 19.4 Å². The van der Waals surface area contributed by atoms with Crippen LogP contribution in [-0.4, -0.2) is 47.5 Å². The van der Waals surface area contributed by atoms with Crippen LogP contribution < -0.4 is 0 Å². The van der Waals surface area contributed by atoms with E-state index in [4.69, 9.17) is 0 Å². The Hall–Kier alpha value is -2.75. The normalized spacial score (nSPS) is 15.9. The van der Waals surface area contributed by atoms with Crippen molar-refractivity contribution < 1.29 is 0 Å². The van der Waals surface area contributed by atoms with E-state index >= 15 is 0 Å². The summed E-state index contributed by atoms with van der Waals surface area (Å²) in [5.74, 6) is 0. The van der Waals surface area contributed by atoms with E-state index in [0.29, 0.717) is 0 Å². The van der Waals surface area contributed by atoms with Crippen LogP contribution in [-0.2, 0) is 6.54 Å². The summed E-state index contributed by atoms with van der Waals surface area (Å²) in [6, 6.07) is 25.4. The van der Waals surface area contributed by atoms with Crippen LogP contribution >= 0.6 is 0 Å². The largest absolute Gasteiger partial charge is 0.297 e. The molecule has 1 saturated heterocycles. The third-order valence-electron chi connectivity index (χ3n) is 5.26. The number of aromatic nitrogens is 1. The molecule has 4 rings (SSSR count). The molecule has 3 aromatic rings. The third kappa shape index (κ3) is 5.16. The van der Waals surface area contributed by atoms with Crippen LogP contribution in [0.4, 0.5) is 0 Å². The fraction of sp³-hybridized carbons (Fsp3) is 0.240. The fourth-order valence-electron chi connectivity index (χ4n) is 3.60. The monoisotopic (exact) mass is 369 g/mol. The van der Waals surface area contributed by atoms with Crippen LogP contribution in [0.1, 0.15) is 11.1 Å². The van der Waals surface area contributed by atoms with Gasteiger partial charge in [0, 0.05) is 51.0 Å². The van der Waals surface area contributed by atoms with Crippen molar-refractivity contribution in [1.82, 2.24) is 14.8 Å². The molecule has 0 aliphatic carbocycles. The standard InChI is InChI=1S/C25H27N3/c1-2-7-22(8-3-1)9-6-16-27-17-19-28(20-18-27)21-23-11-13-24(14-12-23)25-10-4-5-15-26-25/h1-15H,16-21H2. The zero-order valence-corrected chi connectivity index (χ0v) is 16.2. The molecular weight excluding hydrogens is 342 g/mol. The molecule has 142 valence electrons. The first-order valence-electron chi connectivity index (χ1n) is 10.0. The summed E-state index contributed by atoms with van der Waals surface area (Å²) in [5, 5.41) is 0. The zero-order valence-electron chi connectivity index (χ0n) is 16.2. The summed E-state index contributed by atoms with van der Waals surface area (Å²) in [7, 11) is 0. The van der Waals surface area contributed by atoms with Crippen molar-refractivity contribution in [3.8, 4) is 11.3 Å². The van der Waals surface area contributed by atoms with Crippen molar-refractivity contribution in [2.75, 3.05) is 32.7 Å².